The average Bonchev–Trinajstić information content (AvgIpc) is 2.35. The Bertz CT molecular complexity index is 472. The fourth-order valence-electron chi connectivity index (χ4n) is 1.44. The fourth-order valence-corrected chi connectivity index (χ4v) is 1.44. The van der Waals surface area contributed by atoms with E-state index in [0.717, 1.165) is 0 Å². The van der Waals surface area contributed by atoms with Gasteiger partial charge in [0, 0.05) is 5.56 Å². The van der Waals surface area contributed by atoms with Gasteiger partial charge in [-0.3, -0.25) is 4.79 Å². The third-order valence-electron chi connectivity index (χ3n) is 2.26. The number of methoxy groups -OCH3 is 1. The standard InChI is InChI=1S/C14H15FO3/c1-9(2)8-12(14(17)18-3)13(16)10-4-6-11(15)7-5-10/h4-9H,1-3H3/b12-8-. The van der Waals surface area contributed by atoms with Crippen molar-refractivity contribution in [2.24, 2.45) is 5.92 Å². The van der Waals surface area contributed by atoms with Gasteiger partial charge in [0.25, 0.3) is 0 Å². The lowest BCUT2D eigenvalue weighted by Crippen LogP contribution is -2.15. The van der Waals surface area contributed by atoms with Gasteiger partial charge in [-0.2, -0.15) is 0 Å². The molecule has 3 nitrogen and oxygen atoms in total. The second-order valence-corrected chi connectivity index (χ2v) is 4.15. The zero-order valence-corrected chi connectivity index (χ0v) is 10.6. The molecule has 0 N–H and O–H groups in total. The molecule has 0 spiro atoms. The third-order valence-corrected chi connectivity index (χ3v) is 2.26. The number of rotatable bonds is 4. The Kier molecular flexibility index (Phi) is 4.77. The van der Waals surface area contributed by atoms with Crippen molar-refractivity contribution in [2.75, 3.05) is 7.11 Å². The lowest BCUT2D eigenvalue weighted by molar-refractivity contribution is -0.135. The van der Waals surface area contributed by atoms with Crippen molar-refractivity contribution in [1.82, 2.24) is 0 Å². The molecule has 1 rings (SSSR count). The quantitative estimate of drug-likeness (QED) is 0.271. The van der Waals surface area contributed by atoms with E-state index in [2.05, 4.69) is 4.74 Å². The summed E-state index contributed by atoms with van der Waals surface area (Å²) in [6.07, 6.45) is 1.54. The highest BCUT2D eigenvalue weighted by atomic mass is 19.1. The van der Waals surface area contributed by atoms with Crippen molar-refractivity contribution in [3.8, 4) is 0 Å². The largest absolute Gasteiger partial charge is 0.465 e. The van der Waals surface area contributed by atoms with Gasteiger partial charge in [0.2, 0.25) is 0 Å². The van der Waals surface area contributed by atoms with Crippen LogP contribution >= 0.6 is 0 Å². The molecule has 18 heavy (non-hydrogen) atoms. The summed E-state index contributed by atoms with van der Waals surface area (Å²) in [5.74, 6) is -1.55. The van der Waals surface area contributed by atoms with Gasteiger partial charge in [0.15, 0.2) is 5.78 Å². The Morgan fingerprint density at radius 2 is 1.78 bits per heavy atom. The molecule has 0 aliphatic heterocycles. The number of hydrogen-bond acceptors (Lipinski definition) is 3. The van der Waals surface area contributed by atoms with Gasteiger partial charge in [-0.25, -0.2) is 9.18 Å². The number of carbonyl (C=O) groups excluding carboxylic acids is 2. The summed E-state index contributed by atoms with van der Waals surface area (Å²) in [7, 11) is 1.22. The summed E-state index contributed by atoms with van der Waals surface area (Å²) in [4.78, 5) is 23.6. The Labute approximate surface area is 105 Å². The molecule has 0 radical (unpaired) electrons. The maximum Gasteiger partial charge on any atom is 0.341 e. The van der Waals surface area contributed by atoms with Gasteiger partial charge in [0.05, 0.1) is 7.11 Å². The van der Waals surface area contributed by atoms with Gasteiger partial charge >= 0.3 is 5.97 Å². The number of carbonyl (C=O) groups is 2. The SMILES string of the molecule is COC(=O)/C(=C\C(C)C)C(=O)c1ccc(F)cc1. The number of ketones is 1. The molecule has 0 heterocycles. The molecule has 0 atom stereocenters. The zero-order valence-electron chi connectivity index (χ0n) is 10.6. The Morgan fingerprint density at radius 1 is 1.22 bits per heavy atom. The summed E-state index contributed by atoms with van der Waals surface area (Å²) in [6, 6.07) is 5.04. The van der Waals surface area contributed by atoms with E-state index in [4.69, 9.17) is 0 Å². The van der Waals surface area contributed by atoms with E-state index < -0.39 is 17.6 Å². The van der Waals surface area contributed by atoms with Crippen molar-refractivity contribution in [2.45, 2.75) is 13.8 Å². The van der Waals surface area contributed by atoms with Crippen LogP contribution in [0, 0.1) is 11.7 Å². The minimum atomic E-state index is -0.682. The van der Waals surface area contributed by atoms with Gasteiger partial charge < -0.3 is 4.74 Å². The Balaban J connectivity index is 3.11. The number of benzene rings is 1. The molecule has 4 heteroatoms. The maximum absolute atomic E-state index is 12.8. The monoisotopic (exact) mass is 250 g/mol. The summed E-state index contributed by atoms with van der Waals surface area (Å²) < 4.78 is 17.3. The van der Waals surface area contributed by atoms with Gasteiger partial charge in [-0.15, -0.1) is 0 Å². The molecule has 0 unspecified atom stereocenters. The molecule has 0 fully saturated rings. The van der Waals surface area contributed by atoms with Crippen LogP contribution in [0.3, 0.4) is 0 Å². The molecule has 0 aliphatic rings. The van der Waals surface area contributed by atoms with E-state index in [1.807, 2.05) is 13.8 Å². The molecular formula is C14H15FO3. The van der Waals surface area contributed by atoms with Gasteiger partial charge in [-0.1, -0.05) is 19.9 Å². The van der Waals surface area contributed by atoms with Crippen LogP contribution in [-0.4, -0.2) is 18.9 Å². The molecule has 1 aromatic carbocycles. The number of esters is 1. The van der Waals surface area contributed by atoms with E-state index >= 15 is 0 Å². The summed E-state index contributed by atoms with van der Waals surface area (Å²) >= 11 is 0. The Hall–Kier alpha value is -1.97. The predicted octanol–water partition coefficient (Wildman–Crippen LogP) is 2.76. The maximum atomic E-state index is 12.8. The van der Waals surface area contributed by atoms with Crippen LogP contribution in [0.25, 0.3) is 0 Å². The first-order valence-corrected chi connectivity index (χ1v) is 5.56. The fraction of sp³-hybridized carbons (Fsp3) is 0.286. The van der Waals surface area contributed by atoms with Crippen molar-refractivity contribution >= 4 is 11.8 Å². The average molecular weight is 250 g/mol. The van der Waals surface area contributed by atoms with Crippen LogP contribution in [0.2, 0.25) is 0 Å². The molecule has 0 saturated carbocycles. The van der Waals surface area contributed by atoms with Gasteiger partial charge in [0.1, 0.15) is 11.4 Å². The highest BCUT2D eigenvalue weighted by Gasteiger charge is 2.20. The first kappa shape index (κ1) is 14.1. The molecule has 0 saturated heterocycles. The number of Topliss-reactive ketones (excluding diaryl/α,β-unsaturated/α-hetero) is 1. The van der Waals surface area contributed by atoms with E-state index in [1.54, 1.807) is 0 Å². The number of halogens is 1. The summed E-state index contributed by atoms with van der Waals surface area (Å²) in [5, 5.41) is 0. The lowest BCUT2D eigenvalue weighted by Gasteiger charge is -2.06. The van der Waals surface area contributed by atoms with E-state index in [1.165, 1.54) is 37.5 Å². The normalized spacial score (nSPS) is 11.5. The highest BCUT2D eigenvalue weighted by molar-refractivity contribution is 6.24. The second kappa shape index (κ2) is 6.10. The third kappa shape index (κ3) is 3.52. The van der Waals surface area contributed by atoms with Crippen molar-refractivity contribution < 1.29 is 18.7 Å². The second-order valence-electron chi connectivity index (χ2n) is 4.15. The molecule has 0 bridgehead atoms. The van der Waals surface area contributed by atoms with Crippen LogP contribution in [0.4, 0.5) is 4.39 Å². The highest BCUT2D eigenvalue weighted by Crippen LogP contribution is 2.13. The summed E-state index contributed by atoms with van der Waals surface area (Å²) in [6.45, 7) is 3.70. The molecular weight excluding hydrogens is 235 g/mol. The number of hydrogen-bond donors (Lipinski definition) is 0. The van der Waals surface area contributed by atoms with Crippen LogP contribution < -0.4 is 0 Å². The lowest BCUT2D eigenvalue weighted by atomic mass is 10.00. The van der Waals surface area contributed by atoms with E-state index in [-0.39, 0.29) is 17.1 Å². The molecule has 1 aromatic rings. The van der Waals surface area contributed by atoms with Crippen molar-refractivity contribution in [3.05, 3.63) is 47.3 Å². The first-order chi connectivity index (χ1) is 8.45. The zero-order chi connectivity index (χ0) is 13.7. The topological polar surface area (TPSA) is 43.4 Å². The molecule has 0 aromatic heterocycles. The molecule has 96 valence electrons. The minimum absolute atomic E-state index is 0.0286. The van der Waals surface area contributed by atoms with Crippen molar-refractivity contribution in [3.63, 3.8) is 0 Å². The first-order valence-electron chi connectivity index (χ1n) is 5.56. The van der Waals surface area contributed by atoms with E-state index in [9.17, 15) is 14.0 Å². The predicted molar refractivity (Wildman–Crippen MR) is 65.7 cm³/mol. The van der Waals surface area contributed by atoms with Crippen LogP contribution in [0.1, 0.15) is 24.2 Å². The van der Waals surface area contributed by atoms with E-state index in [0.29, 0.717) is 0 Å². The Morgan fingerprint density at radius 3 is 2.22 bits per heavy atom. The summed E-state index contributed by atoms with van der Waals surface area (Å²) in [5.41, 5.74) is 0.229. The van der Waals surface area contributed by atoms with Crippen LogP contribution in [0.5, 0.6) is 0 Å². The van der Waals surface area contributed by atoms with Crippen LogP contribution in [-0.2, 0) is 9.53 Å². The molecule has 0 aliphatic carbocycles. The van der Waals surface area contributed by atoms with Crippen molar-refractivity contribution in [1.29, 1.82) is 0 Å². The number of ether oxygens (including phenoxy) is 1. The number of allylic oxidation sites excluding steroid dienone is 1. The van der Waals surface area contributed by atoms with Crippen LogP contribution in [0.15, 0.2) is 35.9 Å². The van der Waals surface area contributed by atoms with Gasteiger partial charge in [-0.05, 0) is 30.2 Å². The minimum Gasteiger partial charge on any atom is -0.465 e. The molecule has 0 amide bonds. The smallest absolute Gasteiger partial charge is 0.341 e.